The Hall–Kier alpha value is -3.48. The molecule has 0 bridgehead atoms. The minimum atomic E-state index is -0.134. The van der Waals surface area contributed by atoms with Crippen molar-refractivity contribution in [3.8, 4) is 11.4 Å². The molecule has 0 radical (unpaired) electrons. The Kier molecular flexibility index (Phi) is 5.61. The molecule has 0 saturated carbocycles. The molecule has 1 aliphatic heterocycles. The highest BCUT2D eigenvalue weighted by molar-refractivity contribution is 5.93. The highest BCUT2D eigenvalue weighted by Gasteiger charge is 2.26. The molecule has 7 nitrogen and oxygen atoms in total. The van der Waals surface area contributed by atoms with Crippen molar-refractivity contribution >= 4 is 17.4 Å². The number of anilines is 2. The number of aromatic nitrogens is 3. The molecule has 1 saturated heterocycles. The van der Waals surface area contributed by atoms with E-state index in [2.05, 4.69) is 25.2 Å². The van der Waals surface area contributed by atoms with Crippen LogP contribution < -0.4 is 15.8 Å². The van der Waals surface area contributed by atoms with Crippen molar-refractivity contribution in [2.45, 2.75) is 26.7 Å². The maximum absolute atomic E-state index is 12.7. The van der Waals surface area contributed by atoms with Gasteiger partial charge in [-0.05, 0) is 51.0 Å². The first-order valence-electron chi connectivity index (χ1n) is 10.2. The third-order valence-corrected chi connectivity index (χ3v) is 5.57. The fraction of sp³-hybridized carbons (Fsp3) is 0.304. The van der Waals surface area contributed by atoms with Crippen LogP contribution in [0.3, 0.4) is 0 Å². The molecule has 7 heteroatoms. The molecular formula is C23H25N5O2. The molecule has 1 fully saturated rings. The number of hydrogen-bond donors (Lipinski definition) is 2. The number of carbonyl (C=O) groups excluding carboxylic acids is 1. The summed E-state index contributed by atoms with van der Waals surface area (Å²) in [5.41, 5.74) is 2.77. The van der Waals surface area contributed by atoms with Gasteiger partial charge in [0.05, 0.1) is 5.92 Å². The maximum atomic E-state index is 12.7. The molecule has 2 aromatic heterocycles. The largest absolute Gasteiger partial charge is 0.356 e. The van der Waals surface area contributed by atoms with Gasteiger partial charge >= 0.3 is 0 Å². The van der Waals surface area contributed by atoms with E-state index in [1.807, 2.05) is 49.4 Å². The number of hydrogen-bond acceptors (Lipinski definition) is 5. The number of aromatic amines is 1. The predicted octanol–water partition coefficient (Wildman–Crippen LogP) is 3.30. The number of rotatable bonds is 4. The molecule has 1 amide bonds. The first-order chi connectivity index (χ1) is 14.5. The summed E-state index contributed by atoms with van der Waals surface area (Å²) in [6.45, 7) is 5.07. The molecule has 3 heterocycles. The average molecular weight is 403 g/mol. The van der Waals surface area contributed by atoms with E-state index >= 15 is 0 Å². The van der Waals surface area contributed by atoms with Crippen LogP contribution in [0.1, 0.15) is 24.1 Å². The van der Waals surface area contributed by atoms with Crippen LogP contribution in [-0.2, 0) is 4.79 Å². The third-order valence-electron chi connectivity index (χ3n) is 5.57. The SMILES string of the molecule is Cc1nc(-c2ccc(N3CCCC(C(=O)Nc4ccccc4)C3)nc2)[nH]c(=O)c1C. The molecule has 1 atom stereocenters. The summed E-state index contributed by atoms with van der Waals surface area (Å²) in [5.74, 6) is 1.29. The van der Waals surface area contributed by atoms with Crippen molar-refractivity contribution in [3.63, 3.8) is 0 Å². The highest BCUT2D eigenvalue weighted by atomic mass is 16.2. The zero-order valence-electron chi connectivity index (χ0n) is 17.2. The van der Waals surface area contributed by atoms with Crippen LogP contribution in [0.25, 0.3) is 11.4 Å². The molecule has 0 spiro atoms. The van der Waals surface area contributed by atoms with Gasteiger partial charge in [0.1, 0.15) is 11.6 Å². The van der Waals surface area contributed by atoms with Crippen LogP contribution >= 0.6 is 0 Å². The second-order valence-corrected chi connectivity index (χ2v) is 7.67. The molecule has 1 aliphatic rings. The number of nitrogens with zero attached hydrogens (tertiary/aromatic N) is 3. The Labute approximate surface area is 175 Å². The molecular weight excluding hydrogens is 378 g/mol. The van der Waals surface area contributed by atoms with E-state index in [0.29, 0.717) is 23.6 Å². The number of aryl methyl sites for hydroxylation is 1. The van der Waals surface area contributed by atoms with E-state index in [1.165, 1.54) is 0 Å². The minimum absolute atomic E-state index is 0.0411. The number of benzene rings is 1. The molecule has 2 N–H and O–H groups in total. The van der Waals surface area contributed by atoms with Crippen molar-refractivity contribution in [2.24, 2.45) is 5.92 Å². The minimum Gasteiger partial charge on any atom is -0.356 e. The van der Waals surface area contributed by atoms with Crippen molar-refractivity contribution < 1.29 is 4.79 Å². The summed E-state index contributed by atoms with van der Waals surface area (Å²) in [6, 6.07) is 13.4. The quantitative estimate of drug-likeness (QED) is 0.697. The molecule has 1 unspecified atom stereocenters. The van der Waals surface area contributed by atoms with Gasteiger partial charge in [0, 0.05) is 41.8 Å². The van der Waals surface area contributed by atoms with Crippen LogP contribution in [-0.4, -0.2) is 33.9 Å². The fourth-order valence-corrected chi connectivity index (χ4v) is 3.66. The summed E-state index contributed by atoms with van der Waals surface area (Å²) in [7, 11) is 0. The Morgan fingerprint density at radius 2 is 1.97 bits per heavy atom. The van der Waals surface area contributed by atoms with Crippen molar-refractivity contribution in [3.05, 3.63) is 70.3 Å². The van der Waals surface area contributed by atoms with Gasteiger partial charge in [0.2, 0.25) is 5.91 Å². The molecule has 154 valence electrons. The first kappa shape index (κ1) is 19.8. The fourth-order valence-electron chi connectivity index (χ4n) is 3.66. The maximum Gasteiger partial charge on any atom is 0.254 e. The van der Waals surface area contributed by atoms with E-state index < -0.39 is 0 Å². The van der Waals surface area contributed by atoms with Crippen molar-refractivity contribution in [1.29, 1.82) is 0 Å². The molecule has 1 aromatic carbocycles. The van der Waals surface area contributed by atoms with Crippen LogP contribution in [0, 0.1) is 19.8 Å². The standard InChI is InChI=1S/C23H25N5O2/c1-15-16(2)25-21(27-22(15)29)17-10-11-20(24-13-17)28-12-6-7-18(14-28)23(30)26-19-8-4-3-5-9-19/h3-5,8-11,13,18H,6-7,12,14H2,1-2H3,(H,26,30)(H,25,27,29). The average Bonchev–Trinajstić information content (AvgIpc) is 2.78. The van der Waals surface area contributed by atoms with Crippen LogP contribution in [0.2, 0.25) is 0 Å². The van der Waals surface area contributed by atoms with Crippen LogP contribution in [0.4, 0.5) is 11.5 Å². The van der Waals surface area contributed by atoms with E-state index in [4.69, 9.17) is 0 Å². The lowest BCUT2D eigenvalue weighted by molar-refractivity contribution is -0.120. The Morgan fingerprint density at radius 1 is 1.17 bits per heavy atom. The summed E-state index contributed by atoms with van der Waals surface area (Å²) in [4.78, 5) is 38.7. The van der Waals surface area contributed by atoms with Crippen LogP contribution in [0.5, 0.6) is 0 Å². The lowest BCUT2D eigenvalue weighted by Crippen LogP contribution is -2.41. The molecule has 3 aromatic rings. The molecule has 0 aliphatic carbocycles. The number of amides is 1. The van der Waals surface area contributed by atoms with Gasteiger partial charge < -0.3 is 15.2 Å². The van der Waals surface area contributed by atoms with Gasteiger partial charge in [-0.2, -0.15) is 0 Å². The zero-order chi connectivity index (χ0) is 21.1. The van der Waals surface area contributed by atoms with Gasteiger partial charge in [-0.1, -0.05) is 18.2 Å². The Bertz CT molecular complexity index is 1090. The van der Waals surface area contributed by atoms with Gasteiger partial charge in [0.15, 0.2) is 0 Å². The molecule has 30 heavy (non-hydrogen) atoms. The number of para-hydroxylation sites is 1. The number of H-pyrrole nitrogens is 1. The Morgan fingerprint density at radius 3 is 2.67 bits per heavy atom. The lowest BCUT2D eigenvalue weighted by Gasteiger charge is -2.33. The van der Waals surface area contributed by atoms with Crippen molar-refractivity contribution in [2.75, 3.05) is 23.3 Å². The van der Waals surface area contributed by atoms with Gasteiger partial charge in [0.25, 0.3) is 5.56 Å². The summed E-state index contributed by atoms with van der Waals surface area (Å²) < 4.78 is 0. The summed E-state index contributed by atoms with van der Waals surface area (Å²) >= 11 is 0. The number of carbonyl (C=O) groups is 1. The number of nitrogens with one attached hydrogen (secondary N) is 2. The zero-order valence-corrected chi connectivity index (χ0v) is 17.2. The number of pyridine rings is 1. The van der Waals surface area contributed by atoms with E-state index in [0.717, 1.165) is 36.5 Å². The Balaban J connectivity index is 1.46. The number of piperidine rings is 1. The molecule has 4 rings (SSSR count). The second kappa shape index (κ2) is 8.49. The van der Waals surface area contributed by atoms with E-state index in [-0.39, 0.29) is 17.4 Å². The van der Waals surface area contributed by atoms with Crippen molar-refractivity contribution in [1.82, 2.24) is 15.0 Å². The summed E-state index contributed by atoms with van der Waals surface area (Å²) in [5, 5.41) is 3.00. The smallest absolute Gasteiger partial charge is 0.254 e. The van der Waals surface area contributed by atoms with Gasteiger partial charge in [-0.15, -0.1) is 0 Å². The normalized spacial score (nSPS) is 16.3. The second-order valence-electron chi connectivity index (χ2n) is 7.67. The third kappa shape index (κ3) is 4.25. The first-order valence-corrected chi connectivity index (χ1v) is 10.2. The highest BCUT2D eigenvalue weighted by Crippen LogP contribution is 2.24. The predicted molar refractivity (Wildman–Crippen MR) is 118 cm³/mol. The monoisotopic (exact) mass is 403 g/mol. The van der Waals surface area contributed by atoms with Gasteiger partial charge in [-0.3, -0.25) is 9.59 Å². The summed E-state index contributed by atoms with van der Waals surface area (Å²) in [6.07, 6.45) is 3.51. The van der Waals surface area contributed by atoms with E-state index in [1.54, 1.807) is 13.1 Å². The lowest BCUT2D eigenvalue weighted by atomic mass is 9.97. The van der Waals surface area contributed by atoms with Gasteiger partial charge in [-0.25, -0.2) is 9.97 Å². The topological polar surface area (TPSA) is 91.0 Å². The van der Waals surface area contributed by atoms with Crippen LogP contribution in [0.15, 0.2) is 53.5 Å². The van der Waals surface area contributed by atoms with E-state index in [9.17, 15) is 9.59 Å².